The van der Waals surface area contributed by atoms with Crippen molar-refractivity contribution in [2.45, 2.75) is 39.3 Å². The summed E-state index contributed by atoms with van der Waals surface area (Å²) in [7, 11) is 0. The maximum atomic E-state index is 13.2. The maximum absolute atomic E-state index is 13.2. The largest absolute Gasteiger partial charge is 0.462 e. The quantitative estimate of drug-likeness (QED) is 0.350. The van der Waals surface area contributed by atoms with Gasteiger partial charge in [0.1, 0.15) is 0 Å². The molecule has 5 rings (SSSR count). The van der Waals surface area contributed by atoms with Crippen molar-refractivity contribution in [2.75, 3.05) is 6.61 Å². The number of rotatable bonds is 8. The van der Waals surface area contributed by atoms with Crippen LogP contribution in [0.4, 0.5) is 0 Å². The lowest BCUT2D eigenvalue weighted by Gasteiger charge is -2.14. The van der Waals surface area contributed by atoms with E-state index in [2.05, 4.69) is 46.7 Å². The highest BCUT2D eigenvalue weighted by Crippen LogP contribution is 2.32. The highest BCUT2D eigenvalue weighted by Gasteiger charge is 2.30. The first-order valence-corrected chi connectivity index (χ1v) is 12.2. The van der Waals surface area contributed by atoms with Crippen molar-refractivity contribution >= 4 is 22.9 Å². The second kappa shape index (κ2) is 9.74. The Kier molecular flexibility index (Phi) is 6.36. The Labute approximate surface area is 204 Å². The fraction of sp³-hybridized carbons (Fsp3) is 0.276. The van der Waals surface area contributed by atoms with E-state index in [-0.39, 0.29) is 17.9 Å². The number of amides is 1. The van der Waals surface area contributed by atoms with E-state index in [1.54, 1.807) is 25.1 Å². The van der Waals surface area contributed by atoms with Crippen LogP contribution >= 0.6 is 0 Å². The number of imidazole rings is 1. The Balaban J connectivity index is 1.50. The summed E-state index contributed by atoms with van der Waals surface area (Å²) < 4.78 is 7.08. The van der Waals surface area contributed by atoms with E-state index in [1.165, 1.54) is 0 Å². The average Bonchev–Trinajstić information content (AvgIpc) is 3.67. The molecule has 4 aromatic rings. The lowest BCUT2D eigenvalue weighted by molar-refractivity contribution is 0.0526. The van der Waals surface area contributed by atoms with Gasteiger partial charge >= 0.3 is 5.97 Å². The Morgan fingerprint density at radius 3 is 2.43 bits per heavy atom. The standard InChI is InChI=1S/C29H29N3O3/c1-3-35-29(34)24-15-16-25-26(17-24)32(27(31-25)28(33)30-19(2)21-13-14-21)18-20-9-11-23(12-10-20)22-7-5-4-6-8-22/h4-12,15-17,19,21H,3,13-14,18H2,1-2H3,(H,30,33). The highest BCUT2D eigenvalue weighted by molar-refractivity contribution is 5.98. The molecule has 0 spiro atoms. The summed E-state index contributed by atoms with van der Waals surface area (Å²) in [6.07, 6.45) is 2.29. The fourth-order valence-electron chi connectivity index (χ4n) is 4.40. The number of nitrogens with zero attached hydrogens (tertiary/aromatic N) is 2. The minimum atomic E-state index is -0.386. The molecule has 1 amide bonds. The van der Waals surface area contributed by atoms with E-state index in [0.29, 0.717) is 36.0 Å². The number of hydrogen-bond acceptors (Lipinski definition) is 4. The third-order valence-corrected chi connectivity index (χ3v) is 6.55. The number of hydrogen-bond donors (Lipinski definition) is 1. The summed E-state index contributed by atoms with van der Waals surface area (Å²) in [5.41, 5.74) is 5.16. The van der Waals surface area contributed by atoms with Gasteiger partial charge in [0.15, 0.2) is 5.82 Å². The average molecular weight is 468 g/mol. The Hall–Kier alpha value is -3.93. The first kappa shape index (κ1) is 22.8. The van der Waals surface area contributed by atoms with Crippen molar-refractivity contribution in [3.63, 3.8) is 0 Å². The molecule has 1 aromatic heterocycles. The van der Waals surface area contributed by atoms with Gasteiger partial charge in [-0.25, -0.2) is 9.78 Å². The van der Waals surface area contributed by atoms with Crippen LogP contribution in [0.15, 0.2) is 72.8 Å². The Morgan fingerprint density at radius 1 is 1.03 bits per heavy atom. The third kappa shape index (κ3) is 4.97. The molecule has 1 fully saturated rings. The lowest BCUT2D eigenvalue weighted by Crippen LogP contribution is -2.35. The first-order chi connectivity index (χ1) is 17.0. The molecular formula is C29H29N3O3. The van der Waals surface area contributed by atoms with E-state index in [1.807, 2.05) is 29.7 Å². The number of ether oxygens (including phenoxy) is 1. The molecule has 0 saturated heterocycles. The number of nitrogens with one attached hydrogen (secondary N) is 1. The van der Waals surface area contributed by atoms with Crippen molar-refractivity contribution in [3.05, 3.63) is 89.7 Å². The lowest BCUT2D eigenvalue weighted by atomic mass is 10.0. The molecule has 1 heterocycles. The Bertz CT molecular complexity index is 1360. The van der Waals surface area contributed by atoms with Gasteiger partial charge in [0, 0.05) is 12.6 Å². The summed E-state index contributed by atoms with van der Waals surface area (Å²) in [5.74, 6) is 0.306. The fourth-order valence-corrected chi connectivity index (χ4v) is 4.40. The second-order valence-corrected chi connectivity index (χ2v) is 9.11. The van der Waals surface area contributed by atoms with E-state index in [9.17, 15) is 9.59 Å². The molecule has 1 aliphatic rings. The number of carbonyl (C=O) groups excluding carboxylic acids is 2. The van der Waals surface area contributed by atoms with E-state index in [0.717, 1.165) is 35.0 Å². The van der Waals surface area contributed by atoms with Crippen LogP contribution in [0.3, 0.4) is 0 Å². The minimum absolute atomic E-state index is 0.107. The summed E-state index contributed by atoms with van der Waals surface area (Å²) in [5, 5.41) is 3.12. The summed E-state index contributed by atoms with van der Waals surface area (Å²) in [4.78, 5) is 30.3. The first-order valence-electron chi connectivity index (χ1n) is 12.2. The predicted molar refractivity (Wildman–Crippen MR) is 136 cm³/mol. The molecule has 6 nitrogen and oxygen atoms in total. The Morgan fingerprint density at radius 2 is 1.74 bits per heavy atom. The van der Waals surface area contributed by atoms with Gasteiger partial charge in [-0.3, -0.25) is 4.79 Å². The van der Waals surface area contributed by atoms with Crippen molar-refractivity contribution in [2.24, 2.45) is 5.92 Å². The normalized spacial score (nSPS) is 14.0. The van der Waals surface area contributed by atoms with Crippen LogP contribution in [0.1, 0.15) is 53.2 Å². The van der Waals surface area contributed by atoms with Crippen LogP contribution in [-0.2, 0) is 11.3 Å². The van der Waals surface area contributed by atoms with Gasteiger partial charge in [-0.1, -0.05) is 54.6 Å². The van der Waals surface area contributed by atoms with Gasteiger partial charge in [0.2, 0.25) is 0 Å². The van der Waals surface area contributed by atoms with Crippen LogP contribution in [-0.4, -0.2) is 34.1 Å². The third-order valence-electron chi connectivity index (χ3n) is 6.55. The molecule has 178 valence electrons. The van der Waals surface area contributed by atoms with E-state index >= 15 is 0 Å². The van der Waals surface area contributed by atoms with E-state index in [4.69, 9.17) is 4.74 Å². The van der Waals surface area contributed by atoms with Gasteiger partial charge in [0.05, 0.1) is 23.2 Å². The van der Waals surface area contributed by atoms with Crippen molar-refractivity contribution in [3.8, 4) is 11.1 Å². The molecule has 1 saturated carbocycles. The monoisotopic (exact) mass is 467 g/mol. The molecule has 0 aliphatic heterocycles. The van der Waals surface area contributed by atoms with Gasteiger partial charge in [-0.2, -0.15) is 0 Å². The number of esters is 1. The molecule has 1 aliphatic carbocycles. The van der Waals surface area contributed by atoms with Crippen LogP contribution in [0.25, 0.3) is 22.2 Å². The summed E-state index contributed by atoms with van der Waals surface area (Å²) >= 11 is 0. The zero-order valence-corrected chi connectivity index (χ0v) is 20.0. The molecular weight excluding hydrogens is 438 g/mol. The number of benzene rings is 3. The highest BCUT2D eigenvalue weighted by atomic mass is 16.5. The van der Waals surface area contributed by atoms with Crippen LogP contribution in [0.2, 0.25) is 0 Å². The molecule has 1 atom stereocenters. The van der Waals surface area contributed by atoms with Crippen LogP contribution < -0.4 is 5.32 Å². The zero-order valence-electron chi connectivity index (χ0n) is 20.0. The maximum Gasteiger partial charge on any atom is 0.338 e. The van der Waals surface area contributed by atoms with Crippen molar-refractivity contribution < 1.29 is 14.3 Å². The topological polar surface area (TPSA) is 73.2 Å². The van der Waals surface area contributed by atoms with Crippen LogP contribution in [0.5, 0.6) is 0 Å². The van der Waals surface area contributed by atoms with Gasteiger partial charge in [-0.15, -0.1) is 0 Å². The predicted octanol–water partition coefficient (Wildman–Crippen LogP) is 5.46. The van der Waals surface area contributed by atoms with Crippen molar-refractivity contribution in [1.82, 2.24) is 14.9 Å². The minimum Gasteiger partial charge on any atom is -0.462 e. The smallest absolute Gasteiger partial charge is 0.338 e. The molecule has 35 heavy (non-hydrogen) atoms. The van der Waals surface area contributed by atoms with Gasteiger partial charge < -0.3 is 14.6 Å². The number of carbonyl (C=O) groups is 2. The molecule has 0 bridgehead atoms. The zero-order chi connectivity index (χ0) is 24.4. The molecule has 6 heteroatoms. The van der Waals surface area contributed by atoms with Gasteiger partial charge in [-0.05, 0) is 67.5 Å². The molecule has 0 radical (unpaired) electrons. The summed E-state index contributed by atoms with van der Waals surface area (Å²) in [6.45, 7) is 4.59. The molecule has 1 unspecified atom stereocenters. The molecule has 1 N–H and O–H groups in total. The molecule has 3 aromatic carbocycles. The van der Waals surface area contributed by atoms with Gasteiger partial charge in [0.25, 0.3) is 5.91 Å². The van der Waals surface area contributed by atoms with Crippen LogP contribution in [0, 0.1) is 5.92 Å². The SMILES string of the molecule is CCOC(=O)c1ccc2nc(C(=O)NC(C)C3CC3)n(Cc3ccc(-c4ccccc4)cc3)c2c1. The number of aromatic nitrogens is 2. The second-order valence-electron chi connectivity index (χ2n) is 9.11. The van der Waals surface area contributed by atoms with Crippen molar-refractivity contribution in [1.29, 1.82) is 0 Å². The number of fused-ring (bicyclic) bond motifs is 1. The summed E-state index contributed by atoms with van der Waals surface area (Å²) in [6, 6.07) is 23.9. The van der Waals surface area contributed by atoms with E-state index < -0.39 is 0 Å².